The molecule has 0 radical (unpaired) electrons. The third-order valence-electron chi connectivity index (χ3n) is 2.39. The number of carboxylic acids is 1. The van der Waals surface area contributed by atoms with Gasteiger partial charge in [0.1, 0.15) is 11.3 Å². The highest BCUT2D eigenvalue weighted by molar-refractivity contribution is 6.31. The van der Waals surface area contributed by atoms with Crippen LogP contribution in [0.4, 0.5) is 0 Å². The molecule has 0 aliphatic rings. The van der Waals surface area contributed by atoms with E-state index < -0.39 is 17.4 Å². The zero-order valence-electron chi connectivity index (χ0n) is 10.7. The lowest BCUT2D eigenvalue weighted by Gasteiger charge is -2.18. The number of carbonyl (C=O) groups excluding carboxylic acids is 1. The van der Waals surface area contributed by atoms with Crippen molar-refractivity contribution in [2.45, 2.75) is 27.7 Å². The van der Waals surface area contributed by atoms with Gasteiger partial charge in [0.15, 0.2) is 0 Å². The summed E-state index contributed by atoms with van der Waals surface area (Å²) < 4.78 is 5.13. The number of esters is 1. The lowest BCUT2D eigenvalue weighted by Crippen LogP contribution is -2.26. The van der Waals surface area contributed by atoms with Crippen molar-refractivity contribution < 1.29 is 19.4 Å². The molecule has 1 rings (SSSR count). The van der Waals surface area contributed by atoms with Gasteiger partial charge >= 0.3 is 11.9 Å². The van der Waals surface area contributed by atoms with Gasteiger partial charge in [-0.15, -0.1) is 0 Å². The molecule has 5 heteroatoms. The Hall–Kier alpha value is -1.55. The normalized spacial score (nSPS) is 11.2. The molecule has 98 valence electrons. The van der Waals surface area contributed by atoms with Gasteiger partial charge in [0.25, 0.3) is 0 Å². The lowest BCUT2D eigenvalue weighted by atomic mass is 9.97. The number of rotatable bonds is 2. The van der Waals surface area contributed by atoms with Gasteiger partial charge in [0.05, 0.1) is 5.41 Å². The highest BCUT2D eigenvalue weighted by Gasteiger charge is 2.26. The van der Waals surface area contributed by atoms with Crippen LogP contribution < -0.4 is 4.74 Å². The molecule has 0 aromatic heterocycles. The average molecular weight is 271 g/mol. The molecular formula is C13H15ClO4. The van der Waals surface area contributed by atoms with E-state index >= 15 is 0 Å². The second-order valence-corrected chi connectivity index (χ2v) is 5.40. The molecule has 0 heterocycles. The molecule has 0 saturated heterocycles. The Labute approximate surface area is 111 Å². The largest absolute Gasteiger partial charge is 0.478 e. The van der Waals surface area contributed by atoms with Crippen LogP contribution in [-0.2, 0) is 4.79 Å². The molecule has 0 spiro atoms. The number of carbonyl (C=O) groups is 2. The third kappa shape index (κ3) is 3.01. The lowest BCUT2D eigenvalue weighted by molar-refractivity contribution is -0.143. The molecule has 1 N–H and O–H groups in total. The summed E-state index contributed by atoms with van der Waals surface area (Å²) in [5, 5.41) is 9.46. The Balaban J connectivity index is 3.22. The molecule has 1 aromatic carbocycles. The van der Waals surface area contributed by atoms with E-state index in [1.54, 1.807) is 27.7 Å². The van der Waals surface area contributed by atoms with E-state index in [1.165, 1.54) is 12.1 Å². The van der Waals surface area contributed by atoms with Crippen molar-refractivity contribution in [2.24, 2.45) is 5.41 Å². The van der Waals surface area contributed by atoms with Crippen LogP contribution in [0, 0.1) is 12.3 Å². The quantitative estimate of drug-likeness (QED) is 0.661. The third-order valence-corrected chi connectivity index (χ3v) is 2.80. The predicted octanol–water partition coefficient (Wildman–Crippen LogP) is 3.30. The molecule has 18 heavy (non-hydrogen) atoms. The zero-order chi connectivity index (χ0) is 14.1. The van der Waals surface area contributed by atoms with E-state index in [1.807, 2.05) is 0 Å². The van der Waals surface area contributed by atoms with Crippen LogP contribution in [0.1, 0.15) is 36.7 Å². The number of benzene rings is 1. The number of aromatic carboxylic acids is 1. The topological polar surface area (TPSA) is 63.6 Å². The van der Waals surface area contributed by atoms with E-state index in [0.717, 1.165) is 0 Å². The first-order chi connectivity index (χ1) is 8.14. The van der Waals surface area contributed by atoms with E-state index in [9.17, 15) is 9.59 Å². The van der Waals surface area contributed by atoms with Crippen molar-refractivity contribution in [1.29, 1.82) is 0 Å². The summed E-state index contributed by atoms with van der Waals surface area (Å²) in [7, 11) is 0. The molecule has 0 bridgehead atoms. The standard InChI is InChI=1S/C13H15ClO4/c1-7-8(14)5-6-9(10(7)11(15)16)18-12(17)13(2,3)4/h5-6H,1-4H3,(H,15,16). The maximum Gasteiger partial charge on any atom is 0.339 e. The second-order valence-electron chi connectivity index (χ2n) is 4.99. The smallest absolute Gasteiger partial charge is 0.339 e. The molecule has 0 atom stereocenters. The van der Waals surface area contributed by atoms with Crippen molar-refractivity contribution in [3.63, 3.8) is 0 Å². The van der Waals surface area contributed by atoms with Crippen LogP contribution in [0.5, 0.6) is 5.75 Å². The molecule has 0 unspecified atom stereocenters. The fourth-order valence-corrected chi connectivity index (χ4v) is 1.42. The Morgan fingerprint density at radius 2 is 1.83 bits per heavy atom. The van der Waals surface area contributed by atoms with Crippen LogP contribution >= 0.6 is 11.6 Å². The fourth-order valence-electron chi connectivity index (χ4n) is 1.27. The van der Waals surface area contributed by atoms with Crippen molar-refractivity contribution in [1.82, 2.24) is 0 Å². The Morgan fingerprint density at radius 3 is 2.28 bits per heavy atom. The molecule has 0 aliphatic carbocycles. The number of hydrogen-bond acceptors (Lipinski definition) is 3. The van der Waals surface area contributed by atoms with Gasteiger partial charge in [-0.3, -0.25) is 4.79 Å². The zero-order valence-corrected chi connectivity index (χ0v) is 11.5. The Bertz CT molecular complexity index is 500. The van der Waals surface area contributed by atoms with Gasteiger partial charge in [0.2, 0.25) is 0 Å². The maximum atomic E-state index is 11.8. The number of hydrogen-bond donors (Lipinski definition) is 1. The number of ether oxygens (including phenoxy) is 1. The number of halogens is 1. The predicted molar refractivity (Wildman–Crippen MR) is 68.2 cm³/mol. The van der Waals surface area contributed by atoms with Crippen molar-refractivity contribution in [2.75, 3.05) is 0 Å². The van der Waals surface area contributed by atoms with Gasteiger partial charge < -0.3 is 9.84 Å². The summed E-state index contributed by atoms with van der Waals surface area (Å²) in [6, 6.07) is 2.90. The molecule has 0 aliphatic heterocycles. The van der Waals surface area contributed by atoms with E-state index in [2.05, 4.69) is 0 Å². The highest BCUT2D eigenvalue weighted by atomic mass is 35.5. The minimum absolute atomic E-state index is 0.0179. The Morgan fingerprint density at radius 1 is 1.28 bits per heavy atom. The first-order valence-electron chi connectivity index (χ1n) is 5.39. The molecular weight excluding hydrogens is 256 g/mol. The summed E-state index contributed by atoms with van der Waals surface area (Å²) in [5.74, 6) is -1.65. The summed E-state index contributed by atoms with van der Waals surface area (Å²) >= 11 is 5.85. The van der Waals surface area contributed by atoms with Gasteiger partial charge in [-0.25, -0.2) is 4.79 Å². The minimum atomic E-state index is -1.17. The monoisotopic (exact) mass is 270 g/mol. The molecule has 0 amide bonds. The molecule has 0 saturated carbocycles. The summed E-state index contributed by atoms with van der Waals surface area (Å²) in [5.41, 5.74) is -0.410. The summed E-state index contributed by atoms with van der Waals surface area (Å²) in [6.07, 6.45) is 0. The minimum Gasteiger partial charge on any atom is -0.478 e. The van der Waals surface area contributed by atoms with Gasteiger partial charge in [0, 0.05) is 5.02 Å². The van der Waals surface area contributed by atoms with E-state index in [4.69, 9.17) is 21.4 Å². The second kappa shape index (κ2) is 4.98. The number of carboxylic acid groups (broad SMARTS) is 1. The van der Waals surface area contributed by atoms with Crippen LogP contribution in [-0.4, -0.2) is 17.0 Å². The van der Waals surface area contributed by atoms with E-state index in [0.29, 0.717) is 10.6 Å². The van der Waals surface area contributed by atoms with Crippen LogP contribution in [0.15, 0.2) is 12.1 Å². The molecule has 0 fully saturated rings. The van der Waals surface area contributed by atoms with Crippen molar-refractivity contribution in [3.8, 4) is 5.75 Å². The van der Waals surface area contributed by atoms with E-state index in [-0.39, 0.29) is 11.3 Å². The molecule has 4 nitrogen and oxygen atoms in total. The first kappa shape index (κ1) is 14.5. The Kier molecular flexibility index (Phi) is 4.02. The SMILES string of the molecule is Cc1c(Cl)ccc(OC(=O)C(C)(C)C)c1C(=O)O. The van der Waals surface area contributed by atoms with Crippen LogP contribution in [0.25, 0.3) is 0 Å². The van der Waals surface area contributed by atoms with Crippen molar-refractivity contribution in [3.05, 3.63) is 28.3 Å². The average Bonchev–Trinajstić information content (AvgIpc) is 2.21. The maximum absolute atomic E-state index is 11.8. The van der Waals surface area contributed by atoms with Gasteiger partial charge in [-0.1, -0.05) is 11.6 Å². The highest BCUT2D eigenvalue weighted by Crippen LogP contribution is 2.29. The van der Waals surface area contributed by atoms with Gasteiger partial charge in [-0.2, -0.15) is 0 Å². The fraction of sp³-hybridized carbons (Fsp3) is 0.385. The first-order valence-corrected chi connectivity index (χ1v) is 5.77. The van der Waals surface area contributed by atoms with Crippen molar-refractivity contribution >= 4 is 23.5 Å². The van der Waals surface area contributed by atoms with Crippen LogP contribution in [0.3, 0.4) is 0 Å². The molecule has 1 aromatic rings. The summed E-state index contributed by atoms with van der Waals surface area (Å²) in [6.45, 7) is 6.65. The summed E-state index contributed by atoms with van der Waals surface area (Å²) in [4.78, 5) is 22.9. The van der Waals surface area contributed by atoms with Crippen LogP contribution in [0.2, 0.25) is 5.02 Å². The van der Waals surface area contributed by atoms with Gasteiger partial charge in [-0.05, 0) is 45.4 Å².